The van der Waals surface area contributed by atoms with Gasteiger partial charge in [-0.05, 0) is 25.1 Å². The molecule has 0 atom stereocenters. The van der Waals surface area contributed by atoms with Crippen LogP contribution in [0.3, 0.4) is 0 Å². The van der Waals surface area contributed by atoms with Gasteiger partial charge in [0.1, 0.15) is 0 Å². The normalized spacial score (nSPS) is 11.0. The van der Waals surface area contributed by atoms with E-state index in [9.17, 15) is 4.79 Å². The molecule has 2 aromatic carbocycles. The quantitative estimate of drug-likeness (QED) is 0.434. The molecule has 0 aliphatic carbocycles. The summed E-state index contributed by atoms with van der Waals surface area (Å²) in [6, 6.07) is 17.0. The number of aromatic amines is 1. The van der Waals surface area contributed by atoms with Crippen LogP contribution in [0.15, 0.2) is 59.8 Å². The highest BCUT2D eigenvalue weighted by atomic mass is 16.7. The average Bonchev–Trinajstić information content (AvgIpc) is 2.84. The van der Waals surface area contributed by atoms with Crippen molar-refractivity contribution in [2.24, 2.45) is 5.16 Å². The molecule has 0 saturated heterocycles. The second-order valence-electron chi connectivity index (χ2n) is 4.81. The molecule has 0 aliphatic heterocycles. The van der Waals surface area contributed by atoms with Crippen LogP contribution >= 0.6 is 0 Å². The molecule has 0 saturated carbocycles. The van der Waals surface area contributed by atoms with Gasteiger partial charge < -0.3 is 4.98 Å². The van der Waals surface area contributed by atoms with E-state index in [1.54, 1.807) is 18.3 Å². The first kappa shape index (κ1) is 13.9. The van der Waals surface area contributed by atoms with Gasteiger partial charge in [0.2, 0.25) is 0 Å². The molecule has 0 aliphatic rings. The van der Waals surface area contributed by atoms with Crippen molar-refractivity contribution in [1.29, 1.82) is 0 Å². The van der Waals surface area contributed by atoms with E-state index in [-0.39, 0.29) is 0 Å². The largest absolute Gasteiger partial charge is 0.437 e. The number of oxime groups is 1. The van der Waals surface area contributed by atoms with Crippen molar-refractivity contribution < 1.29 is 9.63 Å². The summed E-state index contributed by atoms with van der Waals surface area (Å²) >= 11 is 0. The van der Waals surface area contributed by atoms with Gasteiger partial charge in [0.05, 0.1) is 6.21 Å². The van der Waals surface area contributed by atoms with Gasteiger partial charge in [-0.2, -0.15) is 0 Å². The van der Waals surface area contributed by atoms with Gasteiger partial charge in [-0.15, -0.1) is 0 Å². The topological polar surface area (TPSA) is 66.5 Å². The summed E-state index contributed by atoms with van der Waals surface area (Å²) in [5.41, 5.74) is 3.56. The van der Waals surface area contributed by atoms with Crippen molar-refractivity contribution in [3.05, 3.63) is 65.9 Å². The number of aryl methyl sites for hydroxylation is 1. The van der Waals surface area contributed by atoms with Crippen LogP contribution in [-0.2, 0) is 4.84 Å². The molecule has 0 spiro atoms. The third kappa shape index (κ3) is 2.98. The number of para-hydroxylation sites is 2. The van der Waals surface area contributed by atoms with Crippen LogP contribution < -0.4 is 5.32 Å². The Morgan fingerprint density at radius 1 is 1.14 bits per heavy atom. The molecule has 1 aromatic heterocycles. The second-order valence-corrected chi connectivity index (χ2v) is 4.81. The monoisotopic (exact) mass is 293 g/mol. The fourth-order valence-corrected chi connectivity index (χ4v) is 2.25. The van der Waals surface area contributed by atoms with E-state index in [1.165, 1.54) is 0 Å². The Labute approximate surface area is 127 Å². The van der Waals surface area contributed by atoms with E-state index in [2.05, 4.69) is 15.5 Å². The van der Waals surface area contributed by atoms with E-state index in [0.29, 0.717) is 5.69 Å². The molecule has 110 valence electrons. The maximum Gasteiger partial charge on any atom is 0.437 e. The molecule has 3 rings (SSSR count). The molecule has 1 heterocycles. The Morgan fingerprint density at radius 3 is 2.68 bits per heavy atom. The number of benzene rings is 2. The Hall–Kier alpha value is -3.08. The third-order valence-electron chi connectivity index (χ3n) is 3.28. The standard InChI is InChI=1S/C17H15N3O2/c1-12-15(14-9-5-6-10-16(14)19-12)11-18-22-17(21)20-13-7-3-2-4-8-13/h2-11,19H,1H3,(H,20,21). The molecular weight excluding hydrogens is 278 g/mol. The Morgan fingerprint density at radius 2 is 1.86 bits per heavy atom. The number of nitrogens with zero attached hydrogens (tertiary/aromatic N) is 1. The third-order valence-corrected chi connectivity index (χ3v) is 3.28. The zero-order valence-electron chi connectivity index (χ0n) is 12.0. The molecular formula is C17H15N3O2. The lowest BCUT2D eigenvalue weighted by molar-refractivity contribution is 0.167. The van der Waals surface area contributed by atoms with Gasteiger partial charge >= 0.3 is 6.09 Å². The minimum Gasteiger partial charge on any atom is -0.358 e. The number of hydrogen-bond acceptors (Lipinski definition) is 3. The summed E-state index contributed by atoms with van der Waals surface area (Å²) in [7, 11) is 0. The maximum absolute atomic E-state index is 11.6. The number of rotatable bonds is 3. The summed E-state index contributed by atoms with van der Waals surface area (Å²) in [6.45, 7) is 1.95. The Balaban J connectivity index is 1.69. The van der Waals surface area contributed by atoms with Crippen LogP contribution in [0.4, 0.5) is 10.5 Å². The smallest absolute Gasteiger partial charge is 0.358 e. The van der Waals surface area contributed by atoms with Crippen molar-refractivity contribution in [2.45, 2.75) is 6.92 Å². The number of carbonyl (C=O) groups excluding carboxylic acids is 1. The van der Waals surface area contributed by atoms with Crippen LogP contribution in [0, 0.1) is 6.92 Å². The zero-order chi connectivity index (χ0) is 15.4. The molecule has 2 N–H and O–H groups in total. The minimum atomic E-state index is -0.625. The number of aromatic nitrogens is 1. The predicted octanol–water partition coefficient (Wildman–Crippen LogP) is 4.06. The van der Waals surface area contributed by atoms with Crippen molar-refractivity contribution in [3.63, 3.8) is 0 Å². The number of fused-ring (bicyclic) bond motifs is 1. The van der Waals surface area contributed by atoms with Crippen molar-refractivity contribution in [3.8, 4) is 0 Å². The number of nitrogens with one attached hydrogen (secondary N) is 2. The molecule has 0 fully saturated rings. The van der Waals surface area contributed by atoms with E-state index in [0.717, 1.165) is 22.2 Å². The maximum atomic E-state index is 11.6. The average molecular weight is 293 g/mol. The fourth-order valence-electron chi connectivity index (χ4n) is 2.25. The number of amides is 1. The van der Waals surface area contributed by atoms with Crippen molar-refractivity contribution in [2.75, 3.05) is 5.32 Å². The van der Waals surface area contributed by atoms with Gasteiger partial charge in [-0.25, -0.2) is 4.79 Å². The molecule has 0 radical (unpaired) electrons. The summed E-state index contributed by atoms with van der Waals surface area (Å²) in [5.74, 6) is 0. The first-order valence-corrected chi connectivity index (χ1v) is 6.88. The van der Waals surface area contributed by atoms with Crippen molar-refractivity contribution in [1.82, 2.24) is 4.98 Å². The first-order chi connectivity index (χ1) is 10.7. The minimum absolute atomic E-state index is 0.625. The summed E-state index contributed by atoms with van der Waals surface area (Å²) in [5, 5.41) is 7.39. The lowest BCUT2D eigenvalue weighted by Gasteiger charge is -2.01. The molecule has 5 heteroatoms. The van der Waals surface area contributed by atoms with Gasteiger partial charge in [-0.3, -0.25) is 10.2 Å². The van der Waals surface area contributed by atoms with Crippen LogP contribution in [-0.4, -0.2) is 17.3 Å². The summed E-state index contributed by atoms with van der Waals surface area (Å²) in [6.07, 6.45) is 0.915. The lowest BCUT2D eigenvalue weighted by Crippen LogP contribution is -2.10. The first-order valence-electron chi connectivity index (χ1n) is 6.88. The summed E-state index contributed by atoms with van der Waals surface area (Å²) < 4.78 is 0. The number of hydrogen-bond donors (Lipinski definition) is 2. The Kier molecular flexibility index (Phi) is 3.87. The molecule has 5 nitrogen and oxygen atoms in total. The molecule has 0 bridgehead atoms. The van der Waals surface area contributed by atoms with Crippen molar-refractivity contribution >= 4 is 28.9 Å². The molecule has 1 amide bonds. The van der Waals surface area contributed by atoms with E-state index < -0.39 is 6.09 Å². The van der Waals surface area contributed by atoms with Crippen LogP contribution in [0.25, 0.3) is 10.9 Å². The van der Waals surface area contributed by atoms with Crippen LogP contribution in [0.5, 0.6) is 0 Å². The Bertz CT molecular complexity index is 822. The fraction of sp³-hybridized carbons (Fsp3) is 0.0588. The highest BCUT2D eigenvalue weighted by Crippen LogP contribution is 2.19. The molecule has 22 heavy (non-hydrogen) atoms. The van der Waals surface area contributed by atoms with Gasteiger partial charge in [-0.1, -0.05) is 41.6 Å². The van der Waals surface area contributed by atoms with Gasteiger partial charge in [0.25, 0.3) is 0 Å². The zero-order valence-corrected chi connectivity index (χ0v) is 12.0. The number of carbonyl (C=O) groups is 1. The SMILES string of the molecule is Cc1[nH]c2ccccc2c1C=NOC(=O)Nc1ccccc1. The van der Waals surface area contributed by atoms with Gasteiger partial charge in [0.15, 0.2) is 0 Å². The highest BCUT2D eigenvalue weighted by Gasteiger charge is 2.06. The lowest BCUT2D eigenvalue weighted by atomic mass is 10.1. The second kappa shape index (κ2) is 6.13. The van der Waals surface area contributed by atoms with E-state index in [4.69, 9.17) is 4.84 Å². The van der Waals surface area contributed by atoms with Crippen LogP contribution in [0.1, 0.15) is 11.3 Å². The summed E-state index contributed by atoms with van der Waals surface area (Å²) in [4.78, 5) is 19.7. The van der Waals surface area contributed by atoms with E-state index in [1.807, 2.05) is 49.4 Å². The molecule has 3 aromatic rings. The highest BCUT2D eigenvalue weighted by molar-refractivity contribution is 6.00. The van der Waals surface area contributed by atoms with Crippen LogP contribution in [0.2, 0.25) is 0 Å². The number of anilines is 1. The molecule has 0 unspecified atom stereocenters. The number of H-pyrrole nitrogens is 1. The predicted molar refractivity (Wildman–Crippen MR) is 87.2 cm³/mol. The van der Waals surface area contributed by atoms with E-state index >= 15 is 0 Å². The van der Waals surface area contributed by atoms with Gasteiger partial charge in [0, 0.05) is 27.8 Å².